The molecule has 0 aliphatic carbocycles. The van der Waals surface area contributed by atoms with Crippen molar-refractivity contribution in [3.05, 3.63) is 29.1 Å². The Labute approximate surface area is 90.6 Å². The molecule has 0 unspecified atom stereocenters. The monoisotopic (exact) mass is 219 g/mol. The van der Waals surface area contributed by atoms with Crippen LogP contribution in [0.1, 0.15) is 4.88 Å². The van der Waals surface area contributed by atoms with Gasteiger partial charge in [-0.05, 0) is 12.1 Å². The smallest absolute Gasteiger partial charge is 0.230 e. The average Bonchev–Trinajstić information content (AvgIpc) is 2.87. The molecule has 1 N–H and O–H groups in total. The molecule has 0 fully saturated rings. The first-order chi connectivity index (χ1) is 7.36. The summed E-state index contributed by atoms with van der Waals surface area (Å²) in [5, 5.41) is 10.9. The first kappa shape index (κ1) is 8.73. The van der Waals surface area contributed by atoms with Gasteiger partial charge in [0.15, 0.2) is 0 Å². The second-order valence-corrected chi connectivity index (χ2v) is 4.36. The van der Waals surface area contributed by atoms with Crippen molar-refractivity contribution >= 4 is 27.3 Å². The minimum atomic E-state index is 0.288. The van der Waals surface area contributed by atoms with Crippen LogP contribution in [-0.2, 0) is 4.74 Å². The van der Waals surface area contributed by atoms with E-state index in [0.717, 1.165) is 15.0 Å². The van der Waals surface area contributed by atoms with Crippen LogP contribution in [0.3, 0.4) is 0 Å². The number of nitrogens with zero attached hydrogens (tertiary/aromatic N) is 1. The summed E-state index contributed by atoms with van der Waals surface area (Å²) in [4.78, 5) is 4.95. The molecule has 3 rings (SSSR count). The lowest BCUT2D eigenvalue weighted by Gasteiger charge is -1.97. The zero-order valence-corrected chi connectivity index (χ0v) is 8.75. The van der Waals surface area contributed by atoms with E-state index in [9.17, 15) is 5.11 Å². The molecule has 1 aromatic carbocycles. The third-order valence-corrected chi connectivity index (χ3v) is 3.50. The number of aliphatic imine (C=N–C) groups is 1. The number of hydrogen-bond donors (Lipinski definition) is 1. The number of aromatic hydroxyl groups is 1. The molecule has 1 aliphatic rings. The SMILES string of the molecule is Oc1c(C2=NCCO2)sc2ccccc12. The minimum Gasteiger partial charge on any atom is -0.506 e. The second-order valence-electron chi connectivity index (χ2n) is 3.31. The van der Waals surface area contributed by atoms with Crippen molar-refractivity contribution in [1.82, 2.24) is 0 Å². The molecule has 0 atom stereocenters. The van der Waals surface area contributed by atoms with Gasteiger partial charge in [0.25, 0.3) is 0 Å². The number of benzene rings is 1. The largest absolute Gasteiger partial charge is 0.506 e. The lowest BCUT2D eigenvalue weighted by atomic mass is 10.2. The molecule has 0 spiro atoms. The number of fused-ring (bicyclic) bond motifs is 1. The lowest BCUT2D eigenvalue weighted by molar-refractivity contribution is 0.347. The maximum atomic E-state index is 10.00. The predicted octanol–water partition coefficient (Wildman–Crippen LogP) is 2.38. The van der Waals surface area contributed by atoms with Crippen LogP contribution >= 0.6 is 11.3 Å². The maximum absolute atomic E-state index is 10.00. The van der Waals surface area contributed by atoms with E-state index in [2.05, 4.69) is 4.99 Å². The van der Waals surface area contributed by atoms with E-state index in [1.165, 1.54) is 11.3 Å². The van der Waals surface area contributed by atoms with Gasteiger partial charge in [-0.25, -0.2) is 4.99 Å². The topological polar surface area (TPSA) is 41.8 Å². The van der Waals surface area contributed by atoms with Crippen LogP contribution in [0, 0.1) is 0 Å². The third-order valence-electron chi connectivity index (χ3n) is 2.35. The van der Waals surface area contributed by atoms with Gasteiger partial charge >= 0.3 is 0 Å². The summed E-state index contributed by atoms with van der Waals surface area (Å²) >= 11 is 1.52. The number of ether oxygens (including phenoxy) is 1. The summed E-state index contributed by atoms with van der Waals surface area (Å²) in [6.45, 7) is 1.30. The average molecular weight is 219 g/mol. The van der Waals surface area contributed by atoms with E-state index in [4.69, 9.17) is 4.74 Å². The Morgan fingerprint density at radius 3 is 2.93 bits per heavy atom. The quantitative estimate of drug-likeness (QED) is 0.800. The molecule has 1 aliphatic heterocycles. The molecule has 0 saturated heterocycles. The van der Waals surface area contributed by atoms with Crippen LogP contribution in [-0.4, -0.2) is 24.2 Å². The fourth-order valence-corrected chi connectivity index (χ4v) is 2.71. The Morgan fingerprint density at radius 1 is 1.33 bits per heavy atom. The minimum absolute atomic E-state index is 0.288. The van der Waals surface area contributed by atoms with Crippen LogP contribution in [0.2, 0.25) is 0 Å². The molecular weight excluding hydrogens is 210 g/mol. The van der Waals surface area contributed by atoms with Gasteiger partial charge in [0.05, 0.1) is 6.54 Å². The van der Waals surface area contributed by atoms with Crippen molar-refractivity contribution in [3.63, 3.8) is 0 Å². The van der Waals surface area contributed by atoms with Crippen molar-refractivity contribution in [2.24, 2.45) is 4.99 Å². The van der Waals surface area contributed by atoms with Crippen molar-refractivity contribution in [1.29, 1.82) is 0 Å². The van der Waals surface area contributed by atoms with E-state index in [-0.39, 0.29) is 5.75 Å². The van der Waals surface area contributed by atoms with Crippen LogP contribution in [0.4, 0.5) is 0 Å². The van der Waals surface area contributed by atoms with Gasteiger partial charge in [0, 0.05) is 10.1 Å². The zero-order chi connectivity index (χ0) is 10.3. The molecule has 0 bridgehead atoms. The highest BCUT2D eigenvalue weighted by atomic mass is 32.1. The van der Waals surface area contributed by atoms with Gasteiger partial charge in [-0.2, -0.15) is 0 Å². The van der Waals surface area contributed by atoms with Gasteiger partial charge in [0.1, 0.15) is 17.2 Å². The highest BCUT2D eigenvalue weighted by Gasteiger charge is 2.19. The van der Waals surface area contributed by atoms with Gasteiger partial charge in [-0.1, -0.05) is 12.1 Å². The molecule has 76 valence electrons. The van der Waals surface area contributed by atoms with Crippen LogP contribution < -0.4 is 0 Å². The summed E-state index contributed by atoms with van der Waals surface area (Å²) in [7, 11) is 0. The Morgan fingerprint density at radius 2 is 2.20 bits per heavy atom. The van der Waals surface area contributed by atoms with Gasteiger partial charge in [-0.3, -0.25) is 0 Å². The Balaban J connectivity index is 2.23. The molecule has 15 heavy (non-hydrogen) atoms. The molecule has 0 saturated carbocycles. The molecule has 0 amide bonds. The summed E-state index contributed by atoms with van der Waals surface area (Å²) in [5.41, 5.74) is 0. The Bertz CT molecular complexity index is 545. The van der Waals surface area contributed by atoms with E-state index < -0.39 is 0 Å². The Hall–Kier alpha value is -1.55. The Kier molecular flexibility index (Phi) is 1.89. The number of hydrogen-bond acceptors (Lipinski definition) is 4. The highest BCUT2D eigenvalue weighted by molar-refractivity contribution is 7.21. The normalized spacial score (nSPS) is 15.3. The third kappa shape index (κ3) is 1.29. The molecule has 4 heteroatoms. The summed E-state index contributed by atoms with van der Waals surface area (Å²) < 4.78 is 6.41. The predicted molar refractivity (Wildman–Crippen MR) is 60.8 cm³/mol. The van der Waals surface area contributed by atoms with Crippen molar-refractivity contribution in [2.75, 3.05) is 13.2 Å². The van der Waals surface area contributed by atoms with Gasteiger partial charge < -0.3 is 9.84 Å². The van der Waals surface area contributed by atoms with E-state index >= 15 is 0 Å². The number of thiophene rings is 1. The first-order valence-electron chi connectivity index (χ1n) is 4.74. The van der Waals surface area contributed by atoms with Gasteiger partial charge in [-0.15, -0.1) is 11.3 Å². The van der Waals surface area contributed by atoms with Crippen LogP contribution in [0.5, 0.6) is 5.75 Å². The summed E-state index contributed by atoms with van der Waals surface area (Å²) in [5.74, 6) is 0.866. The molecule has 0 radical (unpaired) electrons. The number of rotatable bonds is 1. The second kappa shape index (κ2) is 3.24. The first-order valence-corrected chi connectivity index (χ1v) is 5.56. The van der Waals surface area contributed by atoms with Crippen molar-refractivity contribution < 1.29 is 9.84 Å². The van der Waals surface area contributed by atoms with Crippen LogP contribution in [0.25, 0.3) is 10.1 Å². The molecule has 3 nitrogen and oxygen atoms in total. The maximum Gasteiger partial charge on any atom is 0.230 e. The van der Waals surface area contributed by atoms with Gasteiger partial charge in [0.2, 0.25) is 5.90 Å². The zero-order valence-electron chi connectivity index (χ0n) is 7.93. The van der Waals surface area contributed by atoms with E-state index in [0.29, 0.717) is 19.0 Å². The molecule has 1 aromatic heterocycles. The highest BCUT2D eigenvalue weighted by Crippen LogP contribution is 2.37. The van der Waals surface area contributed by atoms with Crippen LogP contribution in [0.15, 0.2) is 29.3 Å². The summed E-state index contributed by atoms with van der Waals surface area (Å²) in [6.07, 6.45) is 0. The summed E-state index contributed by atoms with van der Waals surface area (Å²) in [6, 6.07) is 7.76. The van der Waals surface area contributed by atoms with Crippen molar-refractivity contribution in [2.45, 2.75) is 0 Å². The standard InChI is InChI=1S/C11H9NO2S/c13-9-7-3-1-2-4-8(7)15-10(9)11-12-5-6-14-11/h1-4,13H,5-6H2. The fraction of sp³-hybridized carbons (Fsp3) is 0.182. The van der Waals surface area contributed by atoms with E-state index in [1.54, 1.807) is 0 Å². The van der Waals surface area contributed by atoms with Crippen molar-refractivity contribution in [3.8, 4) is 5.75 Å². The fourth-order valence-electron chi connectivity index (χ4n) is 1.65. The lowest BCUT2D eigenvalue weighted by Crippen LogP contribution is -1.97. The molecular formula is C11H9NO2S. The van der Waals surface area contributed by atoms with E-state index in [1.807, 2.05) is 24.3 Å². The molecule has 2 aromatic rings. The molecule has 2 heterocycles.